The van der Waals surface area contributed by atoms with Gasteiger partial charge < -0.3 is 18.9 Å². The zero-order valence-electron chi connectivity index (χ0n) is 20.2. The lowest BCUT2D eigenvalue weighted by atomic mass is 10.1. The topological polar surface area (TPSA) is 145 Å². The summed E-state index contributed by atoms with van der Waals surface area (Å²) in [7, 11) is 0. The molecule has 1 aromatic carbocycles. The van der Waals surface area contributed by atoms with Crippen LogP contribution in [0.25, 0.3) is 22.9 Å². The fraction of sp³-hybridized carbons (Fsp3) is 0.375. The highest BCUT2D eigenvalue weighted by Crippen LogP contribution is 2.37. The Hall–Kier alpha value is -4.19. The molecule has 0 saturated carbocycles. The summed E-state index contributed by atoms with van der Waals surface area (Å²) < 4.78 is 23.7. The number of hydrogen-bond acceptors (Lipinski definition) is 11. The zero-order chi connectivity index (χ0) is 25.8. The Morgan fingerprint density at radius 3 is 2.28 bits per heavy atom. The van der Waals surface area contributed by atoms with Gasteiger partial charge in [-0.05, 0) is 6.92 Å². The predicted molar refractivity (Wildman–Crippen MR) is 123 cm³/mol. The van der Waals surface area contributed by atoms with Crippen LogP contribution in [0.5, 0.6) is 0 Å². The van der Waals surface area contributed by atoms with E-state index in [0.717, 1.165) is 5.56 Å². The molecular weight excluding hydrogens is 470 g/mol. The molecule has 3 heterocycles. The Kier molecular flexibility index (Phi) is 7.34. The molecule has 1 fully saturated rings. The summed E-state index contributed by atoms with van der Waals surface area (Å²) in [5.74, 6) is -1.13. The van der Waals surface area contributed by atoms with E-state index in [1.807, 2.05) is 31.2 Å². The van der Waals surface area contributed by atoms with Crippen molar-refractivity contribution in [3.63, 3.8) is 0 Å². The van der Waals surface area contributed by atoms with E-state index >= 15 is 0 Å². The van der Waals surface area contributed by atoms with Gasteiger partial charge in [-0.1, -0.05) is 29.8 Å². The summed E-state index contributed by atoms with van der Waals surface area (Å²) in [6, 6.07) is 7.57. The van der Waals surface area contributed by atoms with Gasteiger partial charge >= 0.3 is 17.9 Å². The highest BCUT2D eigenvalue weighted by Gasteiger charge is 2.51. The first-order valence-electron chi connectivity index (χ1n) is 11.2. The molecule has 0 unspecified atom stereocenters. The van der Waals surface area contributed by atoms with Gasteiger partial charge in [0.1, 0.15) is 18.4 Å². The second-order valence-electron chi connectivity index (χ2n) is 8.18. The van der Waals surface area contributed by atoms with E-state index in [9.17, 15) is 14.4 Å². The summed E-state index contributed by atoms with van der Waals surface area (Å²) in [5.41, 5.74) is 2.17. The lowest BCUT2D eigenvalue weighted by Crippen LogP contribution is -2.40. The number of nitrogens with zero attached hydrogens (tertiary/aromatic N) is 5. The molecule has 0 radical (unpaired) electrons. The normalized spacial score (nSPS) is 21.1. The van der Waals surface area contributed by atoms with Gasteiger partial charge in [-0.3, -0.25) is 19.4 Å². The smallest absolute Gasteiger partial charge is 0.303 e. The maximum Gasteiger partial charge on any atom is 0.303 e. The number of aryl methyl sites for hydroxylation is 1. The van der Waals surface area contributed by atoms with Crippen molar-refractivity contribution >= 4 is 17.9 Å². The minimum absolute atomic E-state index is 0.229. The fourth-order valence-corrected chi connectivity index (χ4v) is 3.81. The van der Waals surface area contributed by atoms with E-state index in [2.05, 4.69) is 20.1 Å². The summed E-state index contributed by atoms with van der Waals surface area (Å²) in [5, 5.41) is 4.60. The monoisotopic (exact) mass is 495 g/mol. The van der Waals surface area contributed by atoms with Crippen molar-refractivity contribution in [3.05, 3.63) is 48.4 Å². The van der Waals surface area contributed by atoms with Crippen molar-refractivity contribution in [2.45, 2.75) is 52.2 Å². The van der Waals surface area contributed by atoms with E-state index in [-0.39, 0.29) is 12.4 Å². The van der Waals surface area contributed by atoms with Gasteiger partial charge in [0.05, 0.1) is 6.20 Å². The average molecular weight is 495 g/mol. The highest BCUT2D eigenvalue weighted by atomic mass is 16.7. The van der Waals surface area contributed by atoms with Gasteiger partial charge in [0.25, 0.3) is 0 Å². The van der Waals surface area contributed by atoms with Crippen molar-refractivity contribution in [2.24, 2.45) is 0 Å². The number of benzene rings is 1. The van der Waals surface area contributed by atoms with Crippen LogP contribution in [0.3, 0.4) is 0 Å². The molecule has 0 N–H and O–H groups in total. The Morgan fingerprint density at radius 1 is 0.972 bits per heavy atom. The maximum atomic E-state index is 12.0. The van der Waals surface area contributed by atoms with E-state index in [1.54, 1.807) is 0 Å². The van der Waals surface area contributed by atoms with Crippen LogP contribution in [0.1, 0.15) is 32.6 Å². The number of carbonyl (C=O) groups excluding carboxylic acids is 3. The third kappa shape index (κ3) is 5.54. The summed E-state index contributed by atoms with van der Waals surface area (Å²) >= 11 is 0. The SMILES string of the molecule is CC(=O)OC[C@H]1O[C@@H](n2nc(-c3cnccn3)nc2-c2ccc(C)cc2)[C@H](OC(C)=O)[C@@H]1OC(C)=O. The number of rotatable bonds is 7. The number of hydrogen-bond donors (Lipinski definition) is 0. The van der Waals surface area contributed by atoms with E-state index in [4.69, 9.17) is 18.9 Å². The number of esters is 3. The number of aromatic nitrogens is 5. The number of ether oxygens (including phenoxy) is 4. The fourth-order valence-electron chi connectivity index (χ4n) is 3.81. The van der Waals surface area contributed by atoms with E-state index < -0.39 is 42.4 Å². The van der Waals surface area contributed by atoms with Gasteiger partial charge in [-0.2, -0.15) is 0 Å². The molecule has 3 aromatic rings. The molecule has 4 rings (SSSR count). The Morgan fingerprint density at radius 2 is 1.67 bits per heavy atom. The van der Waals surface area contributed by atoms with Crippen molar-refractivity contribution < 1.29 is 33.3 Å². The molecule has 0 bridgehead atoms. The molecule has 1 aliphatic heterocycles. The Bertz CT molecular complexity index is 1250. The molecule has 1 saturated heterocycles. The van der Waals surface area contributed by atoms with Crippen molar-refractivity contribution in [1.82, 2.24) is 24.7 Å². The van der Waals surface area contributed by atoms with Crippen LogP contribution in [0.15, 0.2) is 42.9 Å². The standard InChI is InChI=1S/C24H25N5O7/c1-13-5-7-17(8-6-13)23-27-22(18-11-25-9-10-26-18)28-29(23)24-21(35-16(4)32)20(34-15(3)31)19(36-24)12-33-14(2)30/h5-11,19-21,24H,12H2,1-4H3/t19-,20-,21-,24-/m1/s1. The van der Waals surface area contributed by atoms with Gasteiger partial charge in [0.2, 0.25) is 5.82 Å². The van der Waals surface area contributed by atoms with Gasteiger partial charge in [-0.25, -0.2) is 14.6 Å². The first kappa shape index (κ1) is 24.9. The first-order valence-corrected chi connectivity index (χ1v) is 11.2. The summed E-state index contributed by atoms with van der Waals surface area (Å²) in [6.07, 6.45) is 0.402. The minimum Gasteiger partial charge on any atom is -0.463 e. The first-order chi connectivity index (χ1) is 17.2. The molecular formula is C24H25N5O7. The Labute approximate surface area is 206 Å². The zero-order valence-corrected chi connectivity index (χ0v) is 20.2. The molecule has 36 heavy (non-hydrogen) atoms. The Balaban J connectivity index is 1.82. The van der Waals surface area contributed by atoms with Gasteiger partial charge in [0.15, 0.2) is 24.3 Å². The quantitative estimate of drug-likeness (QED) is 0.351. The average Bonchev–Trinajstić information content (AvgIpc) is 3.40. The van der Waals surface area contributed by atoms with Crippen LogP contribution >= 0.6 is 0 Å². The molecule has 1 aliphatic rings. The second kappa shape index (κ2) is 10.6. The minimum atomic E-state index is -1.10. The maximum absolute atomic E-state index is 12.0. The molecule has 0 aliphatic carbocycles. The van der Waals surface area contributed by atoms with Crippen LogP contribution in [-0.4, -0.2) is 67.6 Å². The molecule has 0 amide bonds. The lowest BCUT2D eigenvalue weighted by Gasteiger charge is -2.23. The highest BCUT2D eigenvalue weighted by molar-refractivity contribution is 5.68. The molecule has 12 nitrogen and oxygen atoms in total. The van der Waals surface area contributed by atoms with E-state index in [1.165, 1.54) is 44.0 Å². The van der Waals surface area contributed by atoms with Crippen LogP contribution in [-0.2, 0) is 33.3 Å². The second-order valence-corrected chi connectivity index (χ2v) is 8.18. The molecule has 188 valence electrons. The van der Waals surface area contributed by atoms with Gasteiger partial charge in [-0.15, -0.1) is 5.10 Å². The largest absolute Gasteiger partial charge is 0.463 e. The van der Waals surface area contributed by atoms with Crippen LogP contribution in [0.4, 0.5) is 0 Å². The van der Waals surface area contributed by atoms with Crippen molar-refractivity contribution in [1.29, 1.82) is 0 Å². The summed E-state index contributed by atoms with van der Waals surface area (Å²) in [6.45, 7) is 5.43. The van der Waals surface area contributed by atoms with Crippen LogP contribution in [0.2, 0.25) is 0 Å². The van der Waals surface area contributed by atoms with Crippen LogP contribution < -0.4 is 0 Å². The van der Waals surface area contributed by atoms with Gasteiger partial charge in [0, 0.05) is 38.7 Å². The molecule has 4 atom stereocenters. The third-order valence-corrected chi connectivity index (χ3v) is 5.31. The number of carbonyl (C=O) groups is 3. The van der Waals surface area contributed by atoms with E-state index in [0.29, 0.717) is 17.1 Å². The third-order valence-electron chi connectivity index (χ3n) is 5.31. The lowest BCUT2D eigenvalue weighted by molar-refractivity contribution is -0.166. The molecule has 2 aromatic heterocycles. The predicted octanol–water partition coefficient (Wildman–Crippen LogP) is 2.03. The van der Waals surface area contributed by atoms with Crippen LogP contribution in [0, 0.1) is 6.92 Å². The van der Waals surface area contributed by atoms with Crippen molar-refractivity contribution in [3.8, 4) is 22.9 Å². The molecule has 0 spiro atoms. The molecule has 12 heteroatoms. The summed E-state index contributed by atoms with van der Waals surface area (Å²) in [4.78, 5) is 48.4. The van der Waals surface area contributed by atoms with Crippen molar-refractivity contribution in [2.75, 3.05) is 6.61 Å².